The lowest BCUT2D eigenvalue weighted by atomic mass is 9.96. The van der Waals surface area contributed by atoms with E-state index in [0.717, 1.165) is 23.5 Å². The van der Waals surface area contributed by atoms with Crippen molar-refractivity contribution in [1.82, 2.24) is 14.9 Å². The highest BCUT2D eigenvalue weighted by molar-refractivity contribution is 5.91. The van der Waals surface area contributed by atoms with Crippen LogP contribution in [0.15, 0.2) is 53.5 Å². The number of fused-ring (bicyclic) bond motifs is 1. The lowest BCUT2D eigenvalue weighted by molar-refractivity contribution is 0.0909. The van der Waals surface area contributed by atoms with Crippen LogP contribution in [0.4, 0.5) is 0 Å². The molecule has 7 nitrogen and oxygen atoms in total. The predicted molar refractivity (Wildman–Crippen MR) is 98.1 cm³/mol. The van der Waals surface area contributed by atoms with Crippen LogP contribution in [-0.4, -0.2) is 35.7 Å². The zero-order valence-corrected chi connectivity index (χ0v) is 15.1. The lowest BCUT2D eigenvalue weighted by Crippen LogP contribution is -2.34. The van der Waals surface area contributed by atoms with Gasteiger partial charge in [-0.15, -0.1) is 0 Å². The lowest BCUT2D eigenvalue weighted by Gasteiger charge is -2.25. The van der Waals surface area contributed by atoms with Crippen LogP contribution in [0.3, 0.4) is 0 Å². The van der Waals surface area contributed by atoms with Crippen molar-refractivity contribution in [2.24, 2.45) is 5.92 Å². The third kappa shape index (κ3) is 3.97. The molecule has 1 aliphatic heterocycles. The number of methoxy groups -OCH3 is 1. The van der Waals surface area contributed by atoms with Gasteiger partial charge in [0.2, 0.25) is 0 Å². The molecule has 7 heteroatoms. The number of carbonyl (C=O) groups excluding carboxylic acids is 1. The molecule has 0 saturated carbocycles. The van der Waals surface area contributed by atoms with Gasteiger partial charge in [-0.2, -0.15) is 0 Å². The second-order valence-corrected chi connectivity index (χ2v) is 6.57. The summed E-state index contributed by atoms with van der Waals surface area (Å²) in [4.78, 5) is 16.3. The number of benzene rings is 1. The van der Waals surface area contributed by atoms with E-state index in [1.165, 1.54) is 0 Å². The molecule has 3 aromatic rings. The first kappa shape index (κ1) is 17.2. The van der Waals surface area contributed by atoms with E-state index >= 15 is 0 Å². The average molecular weight is 367 g/mol. The molecule has 3 heterocycles. The van der Waals surface area contributed by atoms with Gasteiger partial charge in [0.1, 0.15) is 17.3 Å². The normalized spacial score (nSPS) is 15.7. The molecule has 0 saturated heterocycles. The Labute approximate surface area is 156 Å². The standard InChI is InChI=1S/C20H21N3O4/c1-25-16-3-2-15-8-14(12-26-19(15)9-16)10-22-20(24)18-5-4-17(27-18)11-23-7-6-21-13-23/h2-7,9,13-14H,8,10-12H2,1H3,(H,22,24)/t14-/m1/s1. The Hall–Kier alpha value is -3.22. The van der Waals surface area contributed by atoms with Gasteiger partial charge in [0.05, 0.1) is 26.6 Å². The van der Waals surface area contributed by atoms with Crippen LogP contribution in [0.1, 0.15) is 21.9 Å². The van der Waals surface area contributed by atoms with Gasteiger partial charge >= 0.3 is 0 Å². The van der Waals surface area contributed by atoms with Crippen LogP contribution in [0.2, 0.25) is 0 Å². The van der Waals surface area contributed by atoms with Crippen LogP contribution in [-0.2, 0) is 13.0 Å². The molecule has 0 bridgehead atoms. The van der Waals surface area contributed by atoms with Crippen molar-refractivity contribution in [2.75, 3.05) is 20.3 Å². The van der Waals surface area contributed by atoms with Crippen molar-refractivity contribution in [3.63, 3.8) is 0 Å². The Balaban J connectivity index is 1.31. The van der Waals surface area contributed by atoms with Gasteiger partial charge in [0.25, 0.3) is 5.91 Å². The molecule has 0 aliphatic carbocycles. The summed E-state index contributed by atoms with van der Waals surface area (Å²) >= 11 is 0. The third-order valence-corrected chi connectivity index (χ3v) is 4.59. The summed E-state index contributed by atoms with van der Waals surface area (Å²) in [6.45, 7) is 1.64. The van der Waals surface area contributed by atoms with Gasteiger partial charge in [0.15, 0.2) is 5.76 Å². The summed E-state index contributed by atoms with van der Waals surface area (Å²) < 4.78 is 18.5. The summed E-state index contributed by atoms with van der Waals surface area (Å²) in [5.41, 5.74) is 1.13. The van der Waals surface area contributed by atoms with Gasteiger partial charge in [-0.05, 0) is 30.2 Å². The summed E-state index contributed by atoms with van der Waals surface area (Å²) in [7, 11) is 1.64. The van der Waals surface area contributed by atoms with Gasteiger partial charge in [-0.25, -0.2) is 4.98 Å². The number of nitrogens with zero attached hydrogens (tertiary/aromatic N) is 2. The van der Waals surface area contributed by atoms with Crippen LogP contribution in [0.5, 0.6) is 11.5 Å². The van der Waals surface area contributed by atoms with Crippen molar-refractivity contribution in [1.29, 1.82) is 0 Å². The summed E-state index contributed by atoms with van der Waals surface area (Å²) in [6, 6.07) is 9.34. The molecule has 2 aromatic heterocycles. The third-order valence-electron chi connectivity index (χ3n) is 4.59. The number of imidazole rings is 1. The topological polar surface area (TPSA) is 78.5 Å². The first-order chi connectivity index (χ1) is 13.2. The maximum Gasteiger partial charge on any atom is 0.287 e. The zero-order valence-electron chi connectivity index (χ0n) is 15.1. The van der Waals surface area contributed by atoms with Gasteiger partial charge < -0.3 is 23.8 Å². The molecular formula is C20H21N3O4. The molecular weight excluding hydrogens is 346 g/mol. The van der Waals surface area contributed by atoms with Crippen molar-refractivity contribution in [2.45, 2.75) is 13.0 Å². The minimum atomic E-state index is -0.215. The van der Waals surface area contributed by atoms with E-state index in [1.54, 1.807) is 25.7 Å². The fraction of sp³-hybridized carbons (Fsp3) is 0.300. The molecule has 1 amide bonds. The minimum Gasteiger partial charge on any atom is -0.497 e. The maximum atomic E-state index is 12.4. The van der Waals surface area contributed by atoms with E-state index in [-0.39, 0.29) is 11.8 Å². The Morgan fingerprint density at radius 1 is 1.37 bits per heavy atom. The molecule has 1 aliphatic rings. The van der Waals surface area contributed by atoms with E-state index in [1.807, 2.05) is 35.0 Å². The molecule has 4 rings (SSSR count). The first-order valence-electron chi connectivity index (χ1n) is 8.83. The van der Waals surface area contributed by atoms with E-state index < -0.39 is 0 Å². The Kier molecular flexibility index (Phi) is 4.82. The number of aromatic nitrogens is 2. The fourth-order valence-corrected chi connectivity index (χ4v) is 3.14. The van der Waals surface area contributed by atoms with Gasteiger partial charge in [-0.3, -0.25) is 4.79 Å². The molecule has 140 valence electrons. The highest BCUT2D eigenvalue weighted by Crippen LogP contribution is 2.30. The molecule has 1 aromatic carbocycles. The quantitative estimate of drug-likeness (QED) is 0.724. The second-order valence-electron chi connectivity index (χ2n) is 6.57. The van der Waals surface area contributed by atoms with Crippen LogP contribution >= 0.6 is 0 Å². The van der Waals surface area contributed by atoms with Gasteiger partial charge in [-0.1, -0.05) is 6.07 Å². The zero-order chi connectivity index (χ0) is 18.6. The Morgan fingerprint density at radius 3 is 3.11 bits per heavy atom. The first-order valence-corrected chi connectivity index (χ1v) is 8.83. The molecule has 0 unspecified atom stereocenters. The highest BCUT2D eigenvalue weighted by atomic mass is 16.5. The maximum absolute atomic E-state index is 12.4. The van der Waals surface area contributed by atoms with E-state index in [9.17, 15) is 4.79 Å². The molecule has 0 spiro atoms. The Bertz CT molecular complexity index is 917. The number of hydrogen-bond donors (Lipinski definition) is 1. The van der Waals surface area contributed by atoms with E-state index in [4.69, 9.17) is 13.9 Å². The fourth-order valence-electron chi connectivity index (χ4n) is 3.14. The van der Waals surface area contributed by atoms with Crippen molar-refractivity contribution >= 4 is 5.91 Å². The minimum absolute atomic E-state index is 0.215. The number of nitrogens with one attached hydrogen (secondary N) is 1. The van der Waals surface area contributed by atoms with Crippen molar-refractivity contribution in [3.8, 4) is 11.5 Å². The predicted octanol–water partition coefficient (Wildman–Crippen LogP) is 2.51. The van der Waals surface area contributed by atoms with E-state index in [0.29, 0.717) is 31.2 Å². The number of furan rings is 1. The molecule has 0 radical (unpaired) electrons. The van der Waals surface area contributed by atoms with Crippen LogP contribution in [0.25, 0.3) is 0 Å². The van der Waals surface area contributed by atoms with Crippen LogP contribution < -0.4 is 14.8 Å². The largest absolute Gasteiger partial charge is 0.497 e. The number of ether oxygens (including phenoxy) is 2. The summed E-state index contributed by atoms with van der Waals surface area (Å²) in [6.07, 6.45) is 6.11. The number of rotatable bonds is 6. The number of amides is 1. The van der Waals surface area contributed by atoms with E-state index in [2.05, 4.69) is 10.3 Å². The molecule has 27 heavy (non-hydrogen) atoms. The molecule has 0 fully saturated rings. The van der Waals surface area contributed by atoms with Gasteiger partial charge in [0, 0.05) is 30.9 Å². The number of carbonyl (C=O) groups is 1. The number of hydrogen-bond acceptors (Lipinski definition) is 5. The van der Waals surface area contributed by atoms with Crippen molar-refractivity contribution in [3.05, 3.63) is 66.1 Å². The van der Waals surface area contributed by atoms with Crippen molar-refractivity contribution < 1.29 is 18.7 Å². The van der Waals surface area contributed by atoms with Crippen LogP contribution in [0, 0.1) is 5.92 Å². The molecule has 1 N–H and O–H groups in total. The average Bonchev–Trinajstić information content (AvgIpc) is 3.38. The summed E-state index contributed by atoms with van der Waals surface area (Å²) in [5, 5.41) is 2.94. The Morgan fingerprint density at radius 2 is 2.30 bits per heavy atom. The summed E-state index contributed by atoms with van der Waals surface area (Å²) in [5.74, 6) is 2.66. The monoisotopic (exact) mass is 367 g/mol. The second kappa shape index (κ2) is 7.57. The highest BCUT2D eigenvalue weighted by Gasteiger charge is 2.22. The smallest absolute Gasteiger partial charge is 0.287 e. The molecule has 1 atom stereocenters. The SMILES string of the molecule is COc1ccc2c(c1)OC[C@@H](CNC(=O)c1ccc(Cn3ccnc3)o1)C2.